The van der Waals surface area contributed by atoms with Crippen molar-refractivity contribution in [1.82, 2.24) is 13.5 Å². The molecule has 0 saturated carbocycles. The molecular weight excluding hydrogens is 366 g/mol. The molecular formula is C19H31N3O4S. The highest BCUT2D eigenvalue weighted by molar-refractivity contribution is 7.86. The molecule has 1 aromatic carbocycles. The van der Waals surface area contributed by atoms with Crippen LogP contribution in [0.2, 0.25) is 0 Å². The lowest BCUT2D eigenvalue weighted by Crippen LogP contribution is -2.53. The molecule has 2 aliphatic rings. The molecule has 2 heterocycles. The van der Waals surface area contributed by atoms with Crippen LogP contribution in [0, 0.1) is 0 Å². The molecule has 1 aromatic rings. The van der Waals surface area contributed by atoms with E-state index in [1.54, 1.807) is 15.7 Å². The summed E-state index contributed by atoms with van der Waals surface area (Å²) in [6.45, 7) is 5.33. The van der Waals surface area contributed by atoms with Crippen molar-refractivity contribution in [2.75, 3.05) is 59.5 Å². The first-order valence-electron chi connectivity index (χ1n) is 9.84. The van der Waals surface area contributed by atoms with E-state index in [1.165, 1.54) is 0 Å². The molecule has 3 rings (SSSR count). The van der Waals surface area contributed by atoms with Crippen LogP contribution in [-0.4, -0.2) is 81.5 Å². The predicted octanol–water partition coefficient (Wildman–Crippen LogP) is 1.81. The highest BCUT2D eigenvalue weighted by Gasteiger charge is 2.32. The number of rotatable bonds is 7. The standard InChI is InChI=1S/C19H31N3O4S/c1-25-18-6-8-19(9-7-18)26-17-16-20-12-14-22(15-13-20)27(23,24)21-10-4-2-3-5-11-21/h6-9H,2-5,10-17H2,1H3. The Morgan fingerprint density at radius 3 is 1.96 bits per heavy atom. The van der Waals surface area contributed by atoms with Gasteiger partial charge in [0.1, 0.15) is 18.1 Å². The number of benzene rings is 1. The van der Waals surface area contributed by atoms with E-state index in [9.17, 15) is 8.42 Å². The maximum absolute atomic E-state index is 12.8. The van der Waals surface area contributed by atoms with Crippen molar-refractivity contribution >= 4 is 10.2 Å². The first-order chi connectivity index (χ1) is 13.1. The van der Waals surface area contributed by atoms with Gasteiger partial charge in [-0.2, -0.15) is 17.0 Å². The van der Waals surface area contributed by atoms with Gasteiger partial charge in [-0.25, -0.2) is 0 Å². The van der Waals surface area contributed by atoms with E-state index in [0.29, 0.717) is 32.8 Å². The zero-order valence-corrected chi connectivity index (χ0v) is 17.0. The van der Waals surface area contributed by atoms with Crippen molar-refractivity contribution in [2.24, 2.45) is 0 Å². The SMILES string of the molecule is COc1ccc(OCCN2CCN(S(=O)(=O)N3CCCCCC3)CC2)cc1. The fourth-order valence-electron chi connectivity index (χ4n) is 3.58. The third kappa shape index (κ3) is 5.57. The molecule has 0 spiro atoms. The summed E-state index contributed by atoms with van der Waals surface area (Å²) in [4.78, 5) is 2.26. The highest BCUT2D eigenvalue weighted by Crippen LogP contribution is 2.19. The zero-order chi connectivity index (χ0) is 19.1. The molecule has 8 heteroatoms. The van der Waals surface area contributed by atoms with E-state index >= 15 is 0 Å². The van der Waals surface area contributed by atoms with Crippen molar-refractivity contribution in [3.05, 3.63) is 24.3 Å². The van der Waals surface area contributed by atoms with Crippen molar-refractivity contribution in [1.29, 1.82) is 0 Å². The Balaban J connectivity index is 1.41. The Bertz CT molecular complexity index is 665. The molecule has 7 nitrogen and oxygen atoms in total. The van der Waals surface area contributed by atoms with E-state index in [-0.39, 0.29) is 0 Å². The summed E-state index contributed by atoms with van der Waals surface area (Å²) >= 11 is 0. The highest BCUT2D eigenvalue weighted by atomic mass is 32.2. The maximum atomic E-state index is 12.8. The van der Waals surface area contributed by atoms with Gasteiger partial charge in [0.25, 0.3) is 10.2 Å². The largest absolute Gasteiger partial charge is 0.497 e. The van der Waals surface area contributed by atoms with E-state index < -0.39 is 10.2 Å². The minimum atomic E-state index is -3.31. The summed E-state index contributed by atoms with van der Waals surface area (Å²) in [7, 11) is -1.66. The van der Waals surface area contributed by atoms with Gasteiger partial charge in [-0.05, 0) is 37.1 Å². The topological polar surface area (TPSA) is 62.3 Å². The fraction of sp³-hybridized carbons (Fsp3) is 0.684. The minimum absolute atomic E-state index is 0.557. The summed E-state index contributed by atoms with van der Waals surface area (Å²) < 4.78 is 39.9. The smallest absolute Gasteiger partial charge is 0.282 e. The Hall–Kier alpha value is -1.35. The average Bonchev–Trinajstić information content (AvgIpc) is 2.99. The van der Waals surface area contributed by atoms with Crippen LogP contribution in [0.25, 0.3) is 0 Å². The number of piperazine rings is 1. The average molecular weight is 398 g/mol. The molecule has 0 bridgehead atoms. The van der Waals surface area contributed by atoms with Gasteiger partial charge in [-0.1, -0.05) is 12.8 Å². The first kappa shape index (κ1) is 20.4. The van der Waals surface area contributed by atoms with E-state index in [4.69, 9.17) is 9.47 Å². The van der Waals surface area contributed by atoms with Crippen molar-refractivity contribution < 1.29 is 17.9 Å². The third-order valence-corrected chi connectivity index (χ3v) is 7.32. The first-order valence-corrected chi connectivity index (χ1v) is 11.2. The summed E-state index contributed by atoms with van der Waals surface area (Å²) in [6, 6.07) is 7.54. The molecule has 0 unspecified atom stereocenters. The summed E-state index contributed by atoms with van der Waals surface area (Å²) in [5, 5.41) is 0. The van der Waals surface area contributed by atoms with Crippen LogP contribution in [0.15, 0.2) is 24.3 Å². The van der Waals surface area contributed by atoms with Crippen molar-refractivity contribution in [3.63, 3.8) is 0 Å². The molecule has 2 saturated heterocycles. The second-order valence-electron chi connectivity index (χ2n) is 7.09. The van der Waals surface area contributed by atoms with Crippen molar-refractivity contribution in [2.45, 2.75) is 25.7 Å². The van der Waals surface area contributed by atoms with E-state index in [1.807, 2.05) is 24.3 Å². The number of hydrogen-bond donors (Lipinski definition) is 0. The Morgan fingerprint density at radius 2 is 1.37 bits per heavy atom. The van der Waals surface area contributed by atoms with Gasteiger partial charge < -0.3 is 9.47 Å². The van der Waals surface area contributed by atoms with Gasteiger partial charge in [-0.3, -0.25) is 4.90 Å². The second-order valence-corrected chi connectivity index (χ2v) is 9.01. The number of methoxy groups -OCH3 is 1. The van der Waals surface area contributed by atoms with Gasteiger partial charge in [0, 0.05) is 45.8 Å². The Morgan fingerprint density at radius 1 is 0.815 bits per heavy atom. The van der Waals surface area contributed by atoms with Crippen LogP contribution < -0.4 is 9.47 Å². The minimum Gasteiger partial charge on any atom is -0.497 e. The van der Waals surface area contributed by atoms with Gasteiger partial charge >= 0.3 is 0 Å². The molecule has 0 N–H and O–H groups in total. The van der Waals surface area contributed by atoms with Crippen LogP contribution >= 0.6 is 0 Å². The van der Waals surface area contributed by atoms with Crippen molar-refractivity contribution in [3.8, 4) is 11.5 Å². The van der Waals surface area contributed by atoms with Gasteiger partial charge in [0.05, 0.1) is 7.11 Å². The molecule has 2 fully saturated rings. The number of ether oxygens (including phenoxy) is 2. The number of nitrogens with zero attached hydrogens (tertiary/aromatic N) is 3. The lowest BCUT2D eigenvalue weighted by molar-refractivity contribution is 0.154. The van der Waals surface area contributed by atoms with Gasteiger partial charge in [0.15, 0.2) is 0 Å². The molecule has 2 aliphatic heterocycles. The fourth-order valence-corrected chi connectivity index (χ4v) is 5.26. The lowest BCUT2D eigenvalue weighted by atomic mass is 10.2. The Labute approximate surface area is 163 Å². The quantitative estimate of drug-likeness (QED) is 0.702. The van der Waals surface area contributed by atoms with Gasteiger partial charge in [-0.15, -0.1) is 0 Å². The predicted molar refractivity (Wildman–Crippen MR) is 105 cm³/mol. The van der Waals surface area contributed by atoms with Crippen LogP contribution in [-0.2, 0) is 10.2 Å². The van der Waals surface area contributed by atoms with E-state index in [2.05, 4.69) is 4.90 Å². The molecule has 0 atom stereocenters. The van der Waals surface area contributed by atoms with Crippen LogP contribution in [0.1, 0.15) is 25.7 Å². The molecule has 0 amide bonds. The second kappa shape index (κ2) is 9.73. The molecule has 0 aromatic heterocycles. The molecule has 0 aliphatic carbocycles. The van der Waals surface area contributed by atoms with Gasteiger partial charge in [0.2, 0.25) is 0 Å². The summed E-state index contributed by atoms with van der Waals surface area (Å²) in [5.41, 5.74) is 0. The van der Waals surface area contributed by atoms with Crippen LogP contribution in [0.5, 0.6) is 11.5 Å². The van der Waals surface area contributed by atoms with E-state index in [0.717, 1.165) is 56.8 Å². The van der Waals surface area contributed by atoms with Crippen LogP contribution in [0.3, 0.4) is 0 Å². The Kier molecular flexibility index (Phi) is 7.34. The zero-order valence-electron chi connectivity index (χ0n) is 16.2. The summed E-state index contributed by atoms with van der Waals surface area (Å²) in [5.74, 6) is 1.63. The number of hydrogen-bond acceptors (Lipinski definition) is 5. The normalized spacial score (nSPS) is 20.9. The maximum Gasteiger partial charge on any atom is 0.282 e. The van der Waals surface area contributed by atoms with Crippen LogP contribution in [0.4, 0.5) is 0 Å². The third-order valence-electron chi connectivity index (χ3n) is 5.28. The molecule has 0 radical (unpaired) electrons. The summed E-state index contributed by atoms with van der Waals surface area (Å²) in [6.07, 6.45) is 4.21. The lowest BCUT2D eigenvalue weighted by Gasteiger charge is -2.36. The molecule has 27 heavy (non-hydrogen) atoms. The monoisotopic (exact) mass is 397 g/mol. The molecule has 152 valence electrons.